The summed E-state index contributed by atoms with van der Waals surface area (Å²) in [6, 6.07) is 4.38. The number of carbonyl (C=O) groups excluding carboxylic acids is 1. The van der Waals surface area contributed by atoms with E-state index in [2.05, 4.69) is 22.5 Å². The SMILES string of the molecule is CC(CC(=O)NCc1cccs1)N1CCNCC1. The van der Waals surface area contributed by atoms with Crippen molar-refractivity contribution in [2.45, 2.75) is 25.9 Å². The number of carbonyl (C=O) groups is 1. The first kappa shape index (κ1) is 13.5. The van der Waals surface area contributed by atoms with Crippen molar-refractivity contribution < 1.29 is 4.79 Å². The van der Waals surface area contributed by atoms with Crippen LogP contribution in [0.4, 0.5) is 0 Å². The molecule has 0 radical (unpaired) electrons. The Morgan fingerprint density at radius 2 is 2.33 bits per heavy atom. The molecule has 1 fully saturated rings. The third-order valence-corrected chi connectivity index (χ3v) is 4.17. The summed E-state index contributed by atoms with van der Waals surface area (Å²) in [5.74, 6) is 0.148. The lowest BCUT2D eigenvalue weighted by atomic mass is 10.1. The number of piperazine rings is 1. The third-order valence-electron chi connectivity index (χ3n) is 3.30. The van der Waals surface area contributed by atoms with Crippen molar-refractivity contribution in [3.05, 3.63) is 22.4 Å². The zero-order valence-corrected chi connectivity index (χ0v) is 11.6. The first-order valence-electron chi connectivity index (χ1n) is 6.49. The molecule has 1 saturated heterocycles. The Balaban J connectivity index is 1.69. The highest BCUT2D eigenvalue weighted by Crippen LogP contribution is 2.08. The zero-order chi connectivity index (χ0) is 12.8. The van der Waals surface area contributed by atoms with E-state index in [-0.39, 0.29) is 5.91 Å². The van der Waals surface area contributed by atoms with Crippen LogP contribution >= 0.6 is 11.3 Å². The highest BCUT2D eigenvalue weighted by atomic mass is 32.1. The van der Waals surface area contributed by atoms with Gasteiger partial charge in [0.05, 0.1) is 6.54 Å². The lowest BCUT2D eigenvalue weighted by molar-refractivity contribution is -0.122. The predicted molar refractivity (Wildman–Crippen MR) is 74.7 cm³/mol. The molecule has 2 heterocycles. The third kappa shape index (κ3) is 4.08. The molecule has 0 spiro atoms. The molecule has 1 atom stereocenters. The molecule has 4 nitrogen and oxygen atoms in total. The summed E-state index contributed by atoms with van der Waals surface area (Å²) in [7, 11) is 0. The summed E-state index contributed by atoms with van der Waals surface area (Å²) in [6.45, 7) is 6.93. The highest BCUT2D eigenvalue weighted by Gasteiger charge is 2.18. The second-order valence-corrected chi connectivity index (χ2v) is 5.73. The van der Waals surface area contributed by atoms with Crippen molar-refractivity contribution in [3.63, 3.8) is 0 Å². The minimum absolute atomic E-state index is 0.148. The summed E-state index contributed by atoms with van der Waals surface area (Å²) in [4.78, 5) is 15.4. The number of amides is 1. The summed E-state index contributed by atoms with van der Waals surface area (Å²) in [5.41, 5.74) is 0. The summed E-state index contributed by atoms with van der Waals surface area (Å²) >= 11 is 1.68. The van der Waals surface area contributed by atoms with Crippen molar-refractivity contribution in [1.29, 1.82) is 0 Å². The van der Waals surface area contributed by atoms with Gasteiger partial charge in [0, 0.05) is 43.5 Å². The van der Waals surface area contributed by atoms with Crippen LogP contribution in [0.1, 0.15) is 18.2 Å². The van der Waals surface area contributed by atoms with Crippen molar-refractivity contribution in [2.24, 2.45) is 0 Å². The fraction of sp³-hybridized carbons (Fsp3) is 0.615. The predicted octanol–water partition coefficient (Wildman–Crippen LogP) is 1.05. The molecule has 0 aliphatic carbocycles. The molecule has 18 heavy (non-hydrogen) atoms. The number of hydrogen-bond acceptors (Lipinski definition) is 4. The largest absolute Gasteiger partial charge is 0.351 e. The first-order chi connectivity index (χ1) is 8.75. The molecule has 1 aromatic heterocycles. The van der Waals surface area contributed by atoms with Crippen LogP contribution < -0.4 is 10.6 Å². The van der Waals surface area contributed by atoms with Crippen molar-refractivity contribution >= 4 is 17.2 Å². The van der Waals surface area contributed by atoms with Crippen LogP contribution in [0.3, 0.4) is 0 Å². The normalized spacial score (nSPS) is 18.5. The van der Waals surface area contributed by atoms with Gasteiger partial charge in [0.2, 0.25) is 5.91 Å². The molecular formula is C13H21N3OS. The van der Waals surface area contributed by atoms with Gasteiger partial charge in [0.15, 0.2) is 0 Å². The van der Waals surface area contributed by atoms with Crippen molar-refractivity contribution in [3.8, 4) is 0 Å². The van der Waals surface area contributed by atoms with E-state index in [0.717, 1.165) is 26.2 Å². The van der Waals surface area contributed by atoms with E-state index < -0.39 is 0 Å². The van der Waals surface area contributed by atoms with Crippen molar-refractivity contribution in [2.75, 3.05) is 26.2 Å². The summed E-state index contributed by atoms with van der Waals surface area (Å²) in [6.07, 6.45) is 0.589. The van der Waals surface area contributed by atoms with E-state index in [9.17, 15) is 4.79 Å². The molecule has 0 bridgehead atoms. The maximum Gasteiger partial charge on any atom is 0.221 e. The van der Waals surface area contributed by atoms with Gasteiger partial charge in [-0.05, 0) is 18.4 Å². The maximum atomic E-state index is 11.8. The molecule has 2 N–H and O–H groups in total. The van der Waals surface area contributed by atoms with Crippen LogP contribution in [0, 0.1) is 0 Å². The number of nitrogens with one attached hydrogen (secondary N) is 2. The Hall–Kier alpha value is -0.910. The van der Waals surface area contributed by atoms with Crippen LogP contribution in [-0.4, -0.2) is 43.0 Å². The Kier molecular flexibility index (Phi) is 5.16. The molecule has 1 amide bonds. The monoisotopic (exact) mass is 267 g/mol. The van der Waals surface area contributed by atoms with Crippen LogP contribution in [-0.2, 0) is 11.3 Å². The van der Waals surface area contributed by atoms with Gasteiger partial charge in [-0.1, -0.05) is 6.07 Å². The summed E-state index contributed by atoms with van der Waals surface area (Å²) < 4.78 is 0. The fourth-order valence-electron chi connectivity index (χ4n) is 2.19. The molecule has 0 aromatic carbocycles. The molecule has 1 aliphatic rings. The lowest BCUT2D eigenvalue weighted by Crippen LogP contribution is -2.48. The van der Waals surface area contributed by atoms with E-state index in [1.54, 1.807) is 11.3 Å². The molecule has 5 heteroatoms. The number of nitrogens with zero attached hydrogens (tertiary/aromatic N) is 1. The van der Waals surface area contributed by atoms with Crippen LogP contribution in [0.25, 0.3) is 0 Å². The zero-order valence-electron chi connectivity index (χ0n) is 10.8. The van der Waals surface area contributed by atoms with Crippen LogP contribution in [0.2, 0.25) is 0 Å². The Bertz CT molecular complexity index is 360. The maximum absolute atomic E-state index is 11.8. The van der Waals surface area contributed by atoms with Gasteiger partial charge in [-0.2, -0.15) is 0 Å². The number of rotatable bonds is 5. The molecule has 0 saturated carbocycles. The van der Waals surface area contributed by atoms with Crippen LogP contribution in [0.5, 0.6) is 0 Å². The summed E-state index contributed by atoms with van der Waals surface area (Å²) in [5, 5.41) is 8.34. The lowest BCUT2D eigenvalue weighted by Gasteiger charge is -2.32. The van der Waals surface area contributed by atoms with Gasteiger partial charge < -0.3 is 10.6 Å². The average Bonchev–Trinajstić information content (AvgIpc) is 2.90. The smallest absolute Gasteiger partial charge is 0.221 e. The Morgan fingerprint density at radius 3 is 3.00 bits per heavy atom. The average molecular weight is 267 g/mol. The second-order valence-electron chi connectivity index (χ2n) is 4.70. The van der Waals surface area contributed by atoms with Gasteiger partial charge in [-0.15, -0.1) is 11.3 Å². The second kappa shape index (κ2) is 6.87. The van der Waals surface area contributed by atoms with Gasteiger partial charge in [0.25, 0.3) is 0 Å². The number of hydrogen-bond donors (Lipinski definition) is 2. The van der Waals surface area contributed by atoms with E-state index in [1.807, 2.05) is 17.5 Å². The quantitative estimate of drug-likeness (QED) is 0.838. The molecule has 1 unspecified atom stereocenters. The molecular weight excluding hydrogens is 246 g/mol. The fourth-order valence-corrected chi connectivity index (χ4v) is 2.84. The van der Waals surface area contributed by atoms with E-state index >= 15 is 0 Å². The van der Waals surface area contributed by atoms with Gasteiger partial charge in [-0.25, -0.2) is 0 Å². The van der Waals surface area contributed by atoms with Gasteiger partial charge >= 0.3 is 0 Å². The first-order valence-corrected chi connectivity index (χ1v) is 7.37. The van der Waals surface area contributed by atoms with E-state index in [1.165, 1.54) is 4.88 Å². The molecule has 100 valence electrons. The molecule has 1 aromatic rings. The highest BCUT2D eigenvalue weighted by molar-refractivity contribution is 7.09. The topological polar surface area (TPSA) is 44.4 Å². The number of thiophene rings is 1. The standard InChI is InChI=1S/C13H21N3OS/c1-11(16-6-4-14-5-7-16)9-13(17)15-10-12-3-2-8-18-12/h2-3,8,11,14H,4-7,9-10H2,1H3,(H,15,17). The van der Waals surface area contributed by atoms with Gasteiger partial charge in [0.1, 0.15) is 0 Å². The van der Waals surface area contributed by atoms with Crippen molar-refractivity contribution in [1.82, 2.24) is 15.5 Å². The minimum Gasteiger partial charge on any atom is -0.351 e. The molecule has 1 aliphatic heterocycles. The molecule has 2 rings (SSSR count). The Morgan fingerprint density at radius 1 is 1.56 bits per heavy atom. The van der Waals surface area contributed by atoms with E-state index in [0.29, 0.717) is 19.0 Å². The van der Waals surface area contributed by atoms with E-state index in [4.69, 9.17) is 0 Å². The van der Waals surface area contributed by atoms with Gasteiger partial charge in [-0.3, -0.25) is 9.69 Å². The Labute approximate surface area is 112 Å². The van der Waals surface area contributed by atoms with Crippen LogP contribution in [0.15, 0.2) is 17.5 Å². The minimum atomic E-state index is 0.148.